The Labute approximate surface area is 243 Å². The fraction of sp³-hybridized carbons (Fsp3) is 0.469. The summed E-state index contributed by atoms with van der Waals surface area (Å²) in [6, 6.07) is 15.2. The van der Waals surface area contributed by atoms with Gasteiger partial charge < -0.3 is 24.7 Å². The van der Waals surface area contributed by atoms with Crippen LogP contribution in [0.5, 0.6) is 5.75 Å². The van der Waals surface area contributed by atoms with E-state index in [4.69, 9.17) is 14.7 Å². The lowest BCUT2D eigenvalue weighted by atomic mass is 9.75. The average molecular weight is 578 g/mol. The number of hydrogen-bond acceptors (Lipinski definition) is 6. The normalized spacial score (nSPS) is 21.5. The second-order valence-electron chi connectivity index (χ2n) is 11.7. The van der Waals surface area contributed by atoms with Gasteiger partial charge in [-0.3, -0.25) is 4.90 Å². The molecule has 0 atom stereocenters. The molecule has 2 aliphatic heterocycles. The molecule has 3 heterocycles. The van der Waals surface area contributed by atoms with Crippen molar-refractivity contribution >= 4 is 22.3 Å². The number of methoxy groups -OCH3 is 1. The zero-order valence-electron chi connectivity index (χ0n) is 23.6. The number of halogens is 3. The molecule has 1 saturated carbocycles. The summed E-state index contributed by atoms with van der Waals surface area (Å²) in [5, 5.41) is 16.6. The molecule has 3 aliphatic rings. The van der Waals surface area contributed by atoms with Crippen LogP contribution < -0.4 is 15.4 Å². The van der Waals surface area contributed by atoms with Crippen LogP contribution in [0.3, 0.4) is 0 Å². The molecule has 2 N–H and O–H groups in total. The molecule has 2 saturated heterocycles. The molecule has 0 amide bonds. The number of hydrogen-bond donors (Lipinski definition) is 2. The molecule has 42 heavy (non-hydrogen) atoms. The van der Waals surface area contributed by atoms with Crippen molar-refractivity contribution < 1.29 is 22.6 Å². The second-order valence-corrected chi connectivity index (χ2v) is 11.7. The lowest BCUT2D eigenvalue weighted by Crippen LogP contribution is -2.68. The zero-order valence-corrected chi connectivity index (χ0v) is 23.6. The van der Waals surface area contributed by atoms with Crippen LogP contribution in [0.1, 0.15) is 36.9 Å². The Morgan fingerprint density at radius 2 is 1.86 bits per heavy atom. The number of aromatic nitrogens is 1. The van der Waals surface area contributed by atoms with Crippen molar-refractivity contribution in [1.82, 2.24) is 9.47 Å². The number of rotatable bonds is 7. The van der Waals surface area contributed by atoms with Gasteiger partial charge in [-0.2, -0.15) is 18.4 Å². The fourth-order valence-electron chi connectivity index (χ4n) is 6.50. The maximum absolute atomic E-state index is 13.6. The minimum Gasteiger partial charge on any atom is -0.495 e. The molecular formula is C32H34F3N5O2. The Kier molecular flexibility index (Phi) is 7.69. The number of nitriles is 1. The third kappa shape index (κ3) is 5.88. The van der Waals surface area contributed by atoms with Gasteiger partial charge >= 0.3 is 6.18 Å². The Hall–Kier alpha value is -3.86. The van der Waals surface area contributed by atoms with Crippen LogP contribution in [0, 0.1) is 28.6 Å². The Morgan fingerprint density at radius 3 is 2.52 bits per heavy atom. The molecule has 1 aromatic heterocycles. The SMILES string of the molecule is COc1cc(C#N)ccc1NCC#Cc1cc2c(N[C@H]3CC[C@H](N4CC5(COC5)C4)CC3)cccc2n1CC(F)(F)F. The highest BCUT2D eigenvalue weighted by molar-refractivity contribution is 5.94. The summed E-state index contributed by atoms with van der Waals surface area (Å²) < 4.78 is 52.8. The Morgan fingerprint density at radius 1 is 1.07 bits per heavy atom. The second kappa shape index (κ2) is 11.4. The molecular weight excluding hydrogens is 543 g/mol. The number of benzene rings is 2. The van der Waals surface area contributed by atoms with Crippen molar-refractivity contribution in [1.29, 1.82) is 5.26 Å². The summed E-state index contributed by atoms with van der Waals surface area (Å²) in [7, 11) is 1.51. The fourth-order valence-corrected chi connectivity index (χ4v) is 6.50. The minimum absolute atomic E-state index is 0.190. The van der Waals surface area contributed by atoms with Crippen LogP contribution in [0.25, 0.3) is 10.9 Å². The van der Waals surface area contributed by atoms with Crippen LogP contribution in [-0.2, 0) is 11.3 Å². The van der Waals surface area contributed by atoms with Crippen molar-refractivity contribution in [3.63, 3.8) is 0 Å². The van der Waals surface area contributed by atoms with Crippen LogP contribution in [0.15, 0.2) is 42.5 Å². The van der Waals surface area contributed by atoms with E-state index in [0.29, 0.717) is 39.7 Å². The monoisotopic (exact) mass is 577 g/mol. The first-order valence-corrected chi connectivity index (χ1v) is 14.3. The van der Waals surface area contributed by atoms with Gasteiger partial charge in [-0.25, -0.2) is 0 Å². The van der Waals surface area contributed by atoms with Gasteiger partial charge in [0.25, 0.3) is 0 Å². The van der Waals surface area contributed by atoms with Gasteiger partial charge in [0, 0.05) is 47.7 Å². The first kappa shape index (κ1) is 28.3. The summed E-state index contributed by atoms with van der Waals surface area (Å²) in [6.45, 7) is 3.15. The van der Waals surface area contributed by atoms with E-state index >= 15 is 0 Å². The van der Waals surface area contributed by atoms with Crippen molar-refractivity contribution in [2.45, 2.75) is 50.5 Å². The van der Waals surface area contributed by atoms with Crippen LogP contribution in [-0.4, -0.2) is 67.7 Å². The quantitative estimate of drug-likeness (QED) is 0.356. The first-order valence-electron chi connectivity index (χ1n) is 14.3. The lowest BCUT2D eigenvalue weighted by molar-refractivity contribution is -0.200. The number of fused-ring (bicyclic) bond motifs is 1. The molecule has 10 heteroatoms. The Balaban J connectivity index is 1.16. The van der Waals surface area contributed by atoms with E-state index in [1.54, 1.807) is 36.4 Å². The summed E-state index contributed by atoms with van der Waals surface area (Å²) in [5.41, 5.74) is 3.18. The first-order chi connectivity index (χ1) is 20.3. The number of nitrogens with one attached hydrogen (secondary N) is 2. The summed E-state index contributed by atoms with van der Waals surface area (Å²) in [6.07, 6.45) is -0.0942. The molecule has 3 aromatic rings. The predicted molar refractivity (Wildman–Crippen MR) is 156 cm³/mol. The van der Waals surface area contributed by atoms with Gasteiger partial charge in [-0.15, -0.1) is 0 Å². The van der Waals surface area contributed by atoms with Crippen LogP contribution in [0.4, 0.5) is 24.5 Å². The maximum atomic E-state index is 13.6. The van der Waals surface area contributed by atoms with Crippen molar-refractivity contribution in [3.8, 4) is 23.7 Å². The highest BCUT2D eigenvalue weighted by atomic mass is 19.4. The number of alkyl halides is 3. The predicted octanol–water partition coefficient (Wildman–Crippen LogP) is 5.60. The van der Waals surface area contributed by atoms with E-state index in [2.05, 4.69) is 33.4 Å². The number of nitrogens with zero attached hydrogens (tertiary/aromatic N) is 3. The smallest absolute Gasteiger partial charge is 0.406 e. The average Bonchev–Trinajstić information content (AvgIpc) is 3.27. The van der Waals surface area contributed by atoms with E-state index in [9.17, 15) is 13.2 Å². The molecule has 0 bridgehead atoms. The molecule has 7 nitrogen and oxygen atoms in total. The van der Waals surface area contributed by atoms with Gasteiger partial charge in [0.2, 0.25) is 0 Å². The van der Waals surface area contributed by atoms with Gasteiger partial charge in [0.1, 0.15) is 12.3 Å². The van der Waals surface area contributed by atoms with Gasteiger partial charge in [-0.05, 0) is 61.9 Å². The molecule has 6 rings (SSSR count). The topological polar surface area (TPSA) is 74.5 Å². The molecule has 2 aromatic carbocycles. The molecule has 0 unspecified atom stereocenters. The largest absolute Gasteiger partial charge is 0.495 e. The maximum Gasteiger partial charge on any atom is 0.406 e. The number of likely N-dealkylation sites (tertiary alicyclic amines) is 1. The molecule has 220 valence electrons. The van der Waals surface area contributed by atoms with Gasteiger partial charge in [0.15, 0.2) is 0 Å². The van der Waals surface area contributed by atoms with E-state index in [0.717, 1.165) is 63.1 Å². The standard InChI is InChI=1S/C32H34F3N5O2/c1-41-30-14-22(16-36)7-12-28(30)37-13-3-4-25-15-26-27(5-2-6-29(26)40(25)19-32(33,34)35)38-23-8-10-24(11-9-23)39-17-31(18-39)20-42-21-31/h2,5-7,12,14-15,23-24,37-38H,8-11,13,17-21H2,1H3/t23-,24-. The number of anilines is 2. The molecule has 1 aliphatic carbocycles. The van der Waals surface area contributed by atoms with Crippen molar-refractivity contribution in [3.05, 3.63) is 53.7 Å². The van der Waals surface area contributed by atoms with Gasteiger partial charge in [0.05, 0.1) is 55.4 Å². The zero-order chi connectivity index (χ0) is 29.3. The third-order valence-corrected chi connectivity index (χ3v) is 8.66. The summed E-state index contributed by atoms with van der Waals surface area (Å²) >= 11 is 0. The summed E-state index contributed by atoms with van der Waals surface area (Å²) in [5.74, 6) is 6.40. The molecule has 0 radical (unpaired) electrons. The summed E-state index contributed by atoms with van der Waals surface area (Å²) in [4.78, 5) is 2.59. The van der Waals surface area contributed by atoms with Crippen molar-refractivity contribution in [2.75, 3.05) is 50.6 Å². The Bertz CT molecular complexity index is 1540. The minimum atomic E-state index is -4.39. The van der Waals surface area contributed by atoms with Crippen molar-refractivity contribution in [2.24, 2.45) is 5.41 Å². The van der Waals surface area contributed by atoms with Crippen LogP contribution >= 0.6 is 0 Å². The lowest BCUT2D eigenvalue weighted by Gasteiger charge is -2.58. The highest BCUT2D eigenvalue weighted by Crippen LogP contribution is 2.41. The van der Waals surface area contributed by atoms with E-state index in [1.807, 2.05) is 6.07 Å². The van der Waals surface area contributed by atoms with E-state index in [-0.39, 0.29) is 12.6 Å². The van der Waals surface area contributed by atoms with E-state index < -0.39 is 12.7 Å². The van der Waals surface area contributed by atoms with Gasteiger partial charge in [-0.1, -0.05) is 12.0 Å². The molecule has 3 fully saturated rings. The highest BCUT2D eigenvalue weighted by Gasteiger charge is 2.50. The third-order valence-electron chi connectivity index (χ3n) is 8.66. The van der Waals surface area contributed by atoms with Crippen LogP contribution in [0.2, 0.25) is 0 Å². The molecule has 1 spiro atoms. The van der Waals surface area contributed by atoms with E-state index in [1.165, 1.54) is 11.7 Å². The number of ether oxygens (including phenoxy) is 2.